The van der Waals surface area contributed by atoms with Crippen LogP contribution >= 0.6 is 22.9 Å². The second kappa shape index (κ2) is 8.44. The van der Waals surface area contributed by atoms with Gasteiger partial charge in [-0.15, -0.1) is 11.3 Å². The summed E-state index contributed by atoms with van der Waals surface area (Å²) in [5, 5.41) is 2.69. The summed E-state index contributed by atoms with van der Waals surface area (Å²) >= 11 is 7.97. The lowest BCUT2D eigenvalue weighted by Crippen LogP contribution is -2.48. The average molecular weight is 433 g/mol. The largest absolute Gasteiger partial charge is 0.372 e. The number of morpholine rings is 1. The smallest absolute Gasteiger partial charge is 0.274 e. The van der Waals surface area contributed by atoms with E-state index in [1.54, 1.807) is 17.4 Å². The highest BCUT2D eigenvalue weighted by Crippen LogP contribution is 2.22. The topological polar surface area (TPSA) is 50.1 Å². The Morgan fingerprint density at radius 1 is 1.28 bits per heavy atom. The normalized spacial score (nSPS) is 20.0. The van der Waals surface area contributed by atoms with Gasteiger partial charge in [-0.2, -0.15) is 0 Å². The van der Waals surface area contributed by atoms with E-state index in [0.717, 1.165) is 17.9 Å². The zero-order chi connectivity index (χ0) is 20.5. The van der Waals surface area contributed by atoms with Crippen LogP contribution in [0.5, 0.6) is 0 Å². The van der Waals surface area contributed by atoms with E-state index in [1.165, 1.54) is 4.88 Å². The molecule has 0 spiro atoms. The number of thiophene rings is 1. The fourth-order valence-electron chi connectivity index (χ4n) is 3.86. The standard InChI is InChI=1S/C21H25ClN4O2S/c1-14-9-25(10-15(2)28-14)21(27)20-18(13-24(3)12-17-5-4-8-29-17)26-11-16(22)6-7-19(26)23-20/h4-8,11,14-15H,9-10,12-13H2,1-3H3/t14-,15+. The van der Waals surface area contributed by atoms with Crippen LogP contribution in [0.2, 0.25) is 5.02 Å². The van der Waals surface area contributed by atoms with Crippen LogP contribution in [0.4, 0.5) is 0 Å². The molecule has 0 aromatic carbocycles. The third-order valence-corrected chi connectivity index (χ3v) is 6.10. The SMILES string of the molecule is C[C@@H]1CN(C(=O)c2nc3ccc(Cl)cn3c2CN(C)Cc2cccs2)C[C@H](C)O1. The number of pyridine rings is 1. The van der Waals surface area contributed by atoms with E-state index in [1.807, 2.05) is 35.4 Å². The minimum absolute atomic E-state index is 0.0131. The summed E-state index contributed by atoms with van der Waals surface area (Å²) in [5.41, 5.74) is 2.08. The van der Waals surface area contributed by atoms with Crippen molar-refractivity contribution in [1.82, 2.24) is 19.2 Å². The first-order chi connectivity index (χ1) is 13.9. The van der Waals surface area contributed by atoms with E-state index in [0.29, 0.717) is 30.4 Å². The maximum atomic E-state index is 13.4. The van der Waals surface area contributed by atoms with Gasteiger partial charge in [-0.1, -0.05) is 17.7 Å². The van der Waals surface area contributed by atoms with Gasteiger partial charge in [-0.3, -0.25) is 9.69 Å². The Labute approximate surface area is 179 Å². The van der Waals surface area contributed by atoms with Crippen molar-refractivity contribution in [3.05, 3.63) is 57.1 Å². The molecule has 0 aliphatic carbocycles. The number of hydrogen-bond donors (Lipinski definition) is 0. The number of amides is 1. The van der Waals surface area contributed by atoms with Crippen molar-refractivity contribution in [1.29, 1.82) is 0 Å². The van der Waals surface area contributed by atoms with E-state index in [2.05, 4.69) is 34.4 Å². The Morgan fingerprint density at radius 2 is 2.03 bits per heavy atom. The number of rotatable bonds is 5. The first-order valence-electron chi connectivity index (χ1n) is 9.73. The predicted molar refractivity (Wildman–Crippen MR) is 116 cm³/mol. The molecule has 4 rings (SSSR count). The first kappa shape index (κ1) is 20.3. The van der Waals surface area contributed by atoms with Crippen LogP contribution in [0.1, 0.15) is 34.9 Å². The quantitative estimate of drug-likeness (QED) is 0.613. The van der Waals surface area contributed by atoms with E-state index < -0.39 is 0 Å². The fraction of sp³-hybridized carbons (Fsp3) is 0.429. The number of halogens is 1. The van der Waals surface area contributed by atoms with Crippen LogP contribution in [0.25, 0.3) is 5.65 Å². The van der Waals surface area contributed by atoms with Crippen LogP contribution in [0, 0.1) is 0 Å². The molecule has 154 valence electrons. The number of hydrogen-bond acceptors (Lipinski definition) is 5. The van der Waals surface area contributed by atoms with Crippen LogP contribution in [0.15, 0.2) is 35.8 Å². The summed E-state index contributed by atoms with van der Waals surface area (Å²) in [4.78, 5) is 23.4. The van der Waals surface area contributed by atoms with Gasteiger partial charge in [0.1, 0.15) is 5.65 Å². The molecule has 1 fully saturated rings. The molecule has 3 aromatic heterocycles. The average Bonchev–Trinajstić information content (AvgIpc) is 3.28. The highest BCUT2D eigenvalue weighted by molar-refractivity contribution is 7.09. The Hall–Kier alpha value is -1.93. The molecule has 0 N–H and O–H groups in total. The summed E-state index contributed by atoms with van der Waals surface area (Å²) in [7, 11) is 2.05. The molecule has 1 amide bonds. The summed E-state index contributed by atoms with van der Waals surface area (Å²) in [6.45, 7) is 6.54. The van der Waals surface area contributed by atoms with Crippen LogP contribution in [0.3, 0.4) is 0 Å². The fourth-order valence-corrected chi connectivity index (χ4v) is 4.81. The summed E-state index contributed by atoms with van der Waals surface area (Å²) in [5.74, 6) is -0.0497. The molecule has 0 radical (unpaired) electrons. The molecule has 3 aromatic rings. The Kier molecular flexibility index (Phi) is 5.92. The van der Waals surface area contributed by atoms with Gasteiger partial charge in [0.05, 0.1) is 22.9 Å². The van der Waals surface area contributed by atoms with Crippen molar-refractivity contribution in [2.75, 3.05) is 20.1 Å². The van der Waals surface area contributed by atoms with Crippen LogP contribution in [-0.2, 0) is 17.8 Å². The Bertz CT molecular complexity index is 994. The number of carbonyl (C=O) groups is 1. The lowest BCUT2D eigenvalue weighted by atomic mass is 10.2. The molecule has 8 heteroatoms. The molecule has 1 aliphatic heterocycles. The van der Waals surface area contributed by atoms with Gasteiger partial charge in [0.2, 0.25) is 0 Å². The molecule has 1 aliphatic rings. The van der Waals surface area contributed by atoms with E-state index in [4.69, 9.17) is 16.3 Å². The van der Waals surface area contributed by atoms with Crippen LogP contribution < -0.4 is 0 Å². The first-order valence-corrected chi connectivity index (χ1v) is 11.0. The number of carbonyl (C=O) groups excluding carboxylic acids is 1. The van der Waals surface area contributed by atoms with Gasteiger partial charge < -0.3 is 14.0 Å². The highest BCUT2D eigenvalue weighted by Gasteiger charge is 2.30. The van der Waals surface area contributed by atoms with Gasteiger partial charge in [0.25, 0.3) is 5.91 Å². The van der Waals surface area contributed by atoms with E-state index >= 15 is 0 Å². The lowest BCUT2D eigenvalue weighted by Gasteiger charge is -2.35. The van der Waals surface area contributed by atoms with Crippen LogP contribution in [-0.4, -0.2) is 57.4 Å². The van der Waals surface area contributed by atoms with Gasteiger partial charge in [0, 0.05) is 37.3 Å². The molecule has 4 heterocycles. The van der Waals surface area contributed by atoms with E-state index in [-0.39, 0.29) is 18.1 Å². The van der Waals surface area contributed by atoms with Crippen molar-refractivity contribution in [2.45, 2.75) is 39.1 Å². The predicted octanol–water partition coefficient (Wildman–Crippen LogP) is 3.93. The molecule has 0 saturated carbocycles. The molecule has 6 nitrogen and oxygen atoms in total. The molecule has 2 atom stereocenters. The minimum Gasteiger partial charge on any atom is -0.372 e. The summed E-state index contributed by atoms with van der Waals surface area (Å²) in [6, 6.07) is 7.83. The van der Waals surface area contributed by atoms with Crippen molar-refractivity contribution in [3.8, 4) is 0 Å². The number of imidazole rings is 1. The summed E-state index contributed by atoms with van der Waals surface area (Å²) < 4.78 is 7.72. The molecule has 0 unspecified atom stereocenters. The molecular weight excluding hydrogens is 408 g/mol. The van der Waals surface area contributed by atoms with Crippen molar-refractivity contribution >= 4 is 34.5 Å². The monoisotopic (exact) mass is 432 g/mol. The third kappa shape index (κ3) is 4.48. The van der Waals surface area contributed by atoms with E-state index in [9.17, 15) is 4.79 Å². The highest BCUT2D eigenvalue weighted by atomic mass is 35.5. The number of ether oxygens (including phenoxy) is 1. The van der Waals surface area contributed by atoms with Crippen molar-refractivity contribution in [2.24, 2.45) is 0 Å². The molecular formula is C21H25ClN4O2S. The zero-order valence-electron chi connectivity index (χ0n) is 16.8. The second-order valence-corrected chi connectivity index (χ2v) is 9.17. The number of nitrogens with zero attached hydrogens (tertiary/aromatic N) is 4. The number of fused-ring (bicyclic) bond motifs is 1. The maximum Gasteiger partial charge on any atom is 0.274 e. The Balaban J connectivity index is 1.67. The van der Waals surface area contributed by atoms with Crippen molar-refractivity contribution < 1.29 is 9.53 Å². The third-order valence-electron chi connectivity index (χ3n) is 5.02. The van der Waals surface area contributed by atoms with Gasteiger partial charge in [-0.25, -0.2) is 4.98 Å². The maximum absolute atomic E-state index is 13.4. The van der Waals surface area contributed by atoms with Gasteiger partial charge in [0.15, 0.2) is 5.69 Å². The molecule has 0 bridgehead atoms. The van der Waals surface area contributed by atoms with Gasteiger partial charge in [-0.05, 0) is 44.5 Å². The second-order valence-electron chi connectivity index (χ2n) is 7.70. The zero-order valence-corrected chi connectivity index (χ0v) is 18.4. The minimum atomic E-state index is -0.0497. The number of aromatic nitrogens is 2. The molecule has 1 saturated heterocycles. The molecule has 29 heavy (non-hydrogen) atoms. The lowest BCUT2D eigenvalue weighted by molar-refractivity contribution is -0.0587. The Morgan fingerprint density at radius 3 is 2.72 bits per heavy atom. The summed E-state index contributed by atoms with van der Waals surface area (Å²) in [6.07, 6.45) is 1.86. The van der Waals surface area contributed by atoms with Gasteiger partial charge >= 0.3 is 0 Å². The van der Waals surface area contributed by atoms with Crippen molar-refractivity contribution in [3.63, 3.8) is 0 Å².